The summed E-state index contributed by atoms with van der Waals surface area (Å²) in [5.74, 6) is 0.630. The number of rotatable bonds is 1. The van der Waals surface area contributed by atoms with Crippen LogP contribution in [0.25, 0.3) is 0 Å². The monoisotopic (exact) mass is 179 g/mol. The molecule has 1 unspecified atom stereocenters. The third-order valence-electron chi connectivity index (χ3n) is 2.65. The van der Waals surface area contributed by atoms with E-state index in [9.17, 15) is 4.79 Å². The van der Waals surface area contributed by atoms with E-state index in [4.69, 9.17) is 5.73 Å². The molecule has 1 fully saturated rings. The van der Waals surface area contributed by atoms with E-state index in [-0.39, 0.29) is 0 Å². The first-order chi connectivity index (χ1) is 6.18. The zero-order valence-electron chi connectivity index (χ0n) is 7.66. The summed E-state index contributed by atoms with van der Waals surface area (Å²) in [6.45, 7) is 0. The first kappa shape index (κ1) is 8.29. The van der Waals surface area contributed by atoms with Gasteiger partial charge in [-0.2, -0.15) is 5.10 Å². The summed E-state index contributed by atoms with van der Waals surface area (Å²) in [6.07, 6.45) is 3.89. The van der Waals surface area contributed by atoms with Gasteiger partial charge in [0.1, 0.15) is 5.78 Å². The maximum atomic E-state index is 11.1. The molecule has 0 spiro atoms. The zero-order valence-corrected chi connectivity index (χ0v) is 7.66. The number of carbonyl (C=O) groups excluding carboxylic acids is 1. The minimum absolute atomic E-state index is 0.292. The van der Waals surface area contributed by atoms with Crippen LogP contribution in [0.1, 0.15) is 30.9 Å². The third kappa shape index (κ3) is 1.32. The number of nitrogens with zero attached hydrogens (tertiary/aromatic N) is 2. The predicted octanol–water partition coefficient (Wildman–Crippen LogP) is 0.839. The molecule has 1 heterocycles. The number of Topliss-reactive ketones (excluding diaryl/α,β-unsaturated/α-hetero) is 1. The lowest BCUT2D eigenvalue weighted by molar-refractivity contribution is -0.117. The van der Waals surface area contributed by atoms with Gasteiger partial charge in [0, 0.05) is 25.8 Å². The molecule has 1 aliphatic carbocycles. The first-order valence-corrected chi connectivity index (χ1v) is 4.47. The van der Waals surface area contributed by atoms with Gasteiger partial charge in [-0.3, -0.25) is 9.48 Å². The van der Waals surface area contributed by atoms with Crippen LogP contribution in [0, 0.1) is 0 Å². The predicted molar refractivity (Wildman–Crippen MR) is 49.2 cm³/mol. The van der Waals surface area contributed by atoms with E-state index in [1.54, 1.807) is 10.9 Å². The van der Waals surface area contributed by atoms with Crippen molar-refractivity contribution in [1.29, 1.82) is 0 Å². The standard InChI is InChI=1S/C9H13N3O/c1-12-9(8(10)5-11-12)6-2-3-7(13)4-6/h5-6H,2-4,10H2,1H3. The number of aryl methyl sites for hydroxylation is 1. The lowest BCUT2D eigenvalue weighted by Gasteiger charge is -2.09. The topological polar surface area (TPSA) is 60.9 Å². The molecule has 0 amide bonds. The Morgan fingerprint density at radius 1 is 1.69 bits per heavy atom. The molecule has 13 heavy (non-hydrogen) atoms. The molecular weight excluding hydrogens is 166 g/mol. The number of hydrogen-bond donors (Lipinski definition) is 1. The Hall–Kier alpha value is -1.32. The van der Waals surface area contributed by atoms with Gasteiger partial charge in [-0.05, 0) is 6.42 Å². The van der Waals surface area contributed by atoms with Crippen LogP contribution in [0.5, 0.6) is 0 Å². The number of carbonyl (C=O) groups is 1. The normalized spacial score (nSPS) is 22.5. The van der Waals surface area contributed by atoms with Gasteiger partial charge >= 0.3 is 0 Å². The molecule has 1 aliphatic rings. The minimum atomic E-state index is 0.292. The number of nitrogens with two attached hydrogens (primary N) is 1. The Balaban J connectivity index is 2.30. The molecule has 70 valence electrons. The smallest absolute Gasteiger partial charge is 0.133 e. The quantitative estimate of drug-likeness (QED) is 0.694. The van der Waals surface area contributed by atoms with Gasteiger partial charge < -0.3 is 5.73 Å². The van der Waals surface area contributed by atoms with E-state index in [1.807, 2.05) is 7.05 Å². The number of anilines is 1. The summed E-state index contributed by atoms with van der Waals surface area (Å²) >= 11 is 0. The lowest BCUT2D eigenvalue weighted by Crippen LogP contribution is -2.05. The van der Waals surface area contributed by atoms with Crippen LogP contribution in [0.3, 0.4) is 0 Å². The first-order valence-electron chi connectivity index (χ1n) is 4.47. The van der Waals surface area contributed by atoms with Gasteiger partial charge in [0.15, 0.2) is 0 Å². The summed E-state index contributed by atoms with van der Waals surface area (Å²) in [6, 6.07) is 0. The van der Waals surface area contributed by atoms with Crippen molar-refractivity contribution in [3.8, 4) is 0 Å². The van der Waals surface area contributed by atoms with Crippen molar-refractivity contribution < 1.29 is 4.79 Å². The van der Waals surface area contributed by atoms with E-state index in [1.165, 1.54) is 0 Å². The molecule has 0 bridgehead atoms. The molecule has 0 aliphatic heterocycles. The maximum Gasteiger partial charge on any atom is 0.133 e. The highest BCUT2D eigenvalue weighted by molar-refractivity contribution is 5.81. The van der Waals surface area contributed by atoms with E-state index in [2.05, 4.69) is 5.10 Å². The fourth-order valence-electron chi connectivity index (χ4n) is 2.01. The number of nitrogen functional groups attached to an aromatic ring is 1. The van der Waals surface area contributed by atoms with Gasteiger partial charge in [-0.25, -0.2) is 0 Å². The van der Waals surface area contributed by atoms with E-state index in [0.29, 0.717) is 30.2 Å². The summed E-state index contributed by atoms with van der Waals surface area (Å²) < 4.78 is 1.78. The zero-order chi connectivity index (χ0) is 9.42. The molecule has 1 saturated carbocycles. The van der Waals surface area contributed by atoms with Crippen molar-refractivity contribution in [2.75, 3.05) is 5.73 Å². The Morgan fingerprint density at radius 3 is 2.92 bits per heavy atom. The second-order valence-corrected chi connectivity index (χ2v) is 3.59. The van der Waals surface area contributed by atoms with Crippen LogP contribution < -0.4 is 5.73 Å². The van der Waals surface area contributed by atoms with Crippen LogP contribution in [-0.2, 0) is 11.8 Å². The molecule has 0 radical (unpaired) electrons. The molecule has 0 aromatic carbocycles. The summed E-state index contributed by atoms with van der Waals surface area (Å²) in [4.78, 5) is 11.1. The highest BCUT2D eigenvalue weighted by Crippen LogP contribution is 2.34. The van der Waals surface area contributed by atoms with Crippen molar-refractivity contribution in [3.05, 3.63) is 11.9 Å². The van der Waals surface area contributed by atoms with Gasteiger partial charge in [0.05, 0.1) is 17.6 Å². The molecule has 0 saturated heterocycles. The maximum absolute atomic E-state index is 11.1. The second-order valence-electron chi connectivity index (χ2n) is 3.59. The van der Waals surface area contributed by atoms with E-state index >= 15 is 0 Å². The minimum Gasteiger partial charge on any atom is -0.396 e. The van der Waals surface area contributed by atoms with Crippen molar-refractivity contribution in [1.82, 2.24) is 9.78 Å². The Morgan fingerprint density at radius 2 is 2.46 bits per heavy atom. The average molecular weight is 179 g/mol. The van der Waals surface area contributed by atoms with Crippen LogP contribution in [-0.4, -0.2) is 15.6 Å². The van der Waals surface area contributed by atoms with Crippen molar-refractivity contribution in [2.24, 2.45) is 7.05 Å². The molecule has 1 aromatic heterocycles. The van der Waals surface area contributed by atoms with Crippen molar-refractivity contribution in [3.63, 3.8) is 0 Å². The Labute approximate surface area is 76.7 Å². The van der Waals surface area contributed by atoms with Crippen molar-refractivity contribution in [2.45, 2.75) is 25.2 Å². The SMILES string of the molecule is Cn1ncc(N)c1C1CCC(=O)C1. The molecule has 4 nitrogen and oxygen atoms in total. The van der Waals surface area contributed by atoms with Gasteiger partial charge in [-0.15, -0.1) is 0 Å². The molecular formula is C9H13N3O. The summed E-state index contributed by atoms with van der Waals surface area (Å²) in [5.41, 5.74) is 7.50. The fourth-order valence-corrected chi connectivity index (χ4v) is 2.01. The van der Waals surface area contributed by atoms with E-state index in [0.717, 1.165) is 12.1 Å². The van der Waals surface area contributed by atoms with Crippen LogP contribution >= 0.6 is 0 Å². The van der Waals surface area contributed by atoms with Crippen LogP contribution in [0.4, 0.5) is 5.69 Å². The van der Waals surface area contributed by atoms with Crippen molar-refractivity contribution >= 4 is 11.5 Å². The van der Waals surface area contributed by atoms with Crippen LogP contribution in [0.2, 0.25) is 0 Å². The molecule has 4 heteroatoms. The number of ketones is 1. The number of hydrogen-bond acceptors (Lipinski definition) is 3. The van der Waals surface area contributed by atoms with Crippen LogP contribution in [0.15, 0.2) is 6.20 Å². The third-order valence-corrected chi connectivity index (χ3v) is 2.65. The Bertz CT molecular complexity index is 323. The lowest BCUT2D eigenvalue weighted by atomic mass is 10.0. The van der Waals surface area contributed by atoms with Gasteiger partial charge in [-0.1, -0.05) is 0 Å². The highest BCUT2D eigenvalue weighted by atomic mass is 16.1. The fraction of sp³-hybridized carbons (Fsp3) is 0.556. The molecule has 1 atom stereocenters. The highest BCUT2D eigenvalue weighted by Gasteiger charge is 2.27. The number of aromatic nitrogens is 2. The summed E-state index contributed by atoms with van der Waals surface area (Å²) in [7, 11) is 1.87. The average Bonchev–Trinajstić information content (AvgIpc) is 2.60. The van der Waals surface area contributed by atoms with Gasteiger partial charge in [0.25, 0.3) is 0 Å². The molecule has 2 rings (SSSR count). The Kier molecular flexibility index (Phi) is 1.83. The molecule has 1 aromatic rings. The second kappa shape index (κ2) is 2.87. The van der Waals surface area contributed by atoms with E-state index < -0.39 is 0 Å². The largest absolute Gasteiger partial charge is 0.396 e. The summed E-state index contributed by atoms with van der Waals surface area (Å²) in [5, 5.41) is 4.07. The van der Waals surface area contributed by atoms with Gasteiger partial charge in [0.2, 0.25) is 0 Å². The molecule has 2 N–H and O–H groups in total.